The van der Waals surface area contributed by atoms with Crippen LogP contribution in [0.2, 0.25) is 0 Å². The van der Waals surface area contributed by atoms with Gasteiger partial charge in [0.25, 0.3) is 5.91 Å². The van der Waals surface area contributed by atoms with Crippen LogP contribution in [0, 0.1) is 6.92 Å². The third kappa shape index (κ3) is 5.54. The highest BCUT2D eigenvalue weighted by Crippen LogP contribution is 2.25. The van der Waals surface area contributed by atoms with Crippen molar-refractivity contribution in [1.29, 1.82) is 0 Å². The van der Waals surface area contributed by atoms with Gasteiger partial charge in [-0.3, -0.25) is 4.79 Å². The van der Waals surface area contributed by atoms with Crippen LogP contribution in [-0.4, -0.2) is 29.0 Å². The van der Waals surface area contributed by atoms with Crippen LogP contribution < -0.4 is 15.0 Å². The van der Waals surface area contributed by atoms with Crippen LogP contribution in [0.5, 0.6) is 5.75 Å². The van der Waals surface area contributed by atoms with Gasteiger partial charge in [0.2, 0.25) is 5.95 Å². The minimum absolute atomic E-state index is 0.00702. The summed E-state index contributed by atoms with van der Waals surface area (Å²) in [5.74, 6) is 0.832. The molecule has 1 aromatic heterocycles. The van der Waals surface area contributed by atoms with Crippen LogP contribution in [0.4, 0.5) is 11.6 Å². The van der Waals surface area contributed by atoms with E-state index in [0.29, 0.717) is 29.6 Å². The van der Waals surface area contributed by atoms with Crippen molar-refractivity contribution in [2.24, 2.45) is 0 Å². The van der Waals surface area contributed by atoms with Crippen molar-refractivity contribution in [2.75, 3.05) is 17.3 Å². The summed E-state index contributed by atoms with van der Waals surface area (Å²) < 4.78 is 5.78. The summed E-state index contributed by atoms with van der Waals surface area (Å²) >= 11 is 0. The molecule has 1 amide bonds. The summed E-state index contributed by atoms with van der Waals surface area (Å²) in [6, 6.07) is 19.1. The highest BCUT2D eigenvalue weighted by molar-refractivity contribution is 6.03. The van der Waals surface area contributed by atoms with Gasteiger partial charge in [-0.1, -0.05) is 42.5 Å². The van der Waals surface area contributed by atoms with E-state index < -0.39 is 0 Å². The van der Waals surface area contributed by atoms with Crippen molar-refractivity contribution >= 4 is 17.5 Å². The lowest BCUT2D eigenvalue weighted by molar-refractivity contribution is 0.102. The summed E-state index contributed by atoms with van der Waals surface area (Å²) in [4.78, 5) is 23.8. The van der Waals surface area contributed by atoms with Crippen molar-refractivity contribution in [1.82, 2.24) is 9.97 Å². The fourth-order valence-electron chi connectivity index (χ4n) is 2.88. The molecule has 0 atom stereocenters. The molecular formula is C23H26N4O2. The van der Waals surface area contributed by atoms with Gasteiger partial charge in [-0.05, 0) is 44.5 Å². The maximum absolute atomic E-state index is 12.9. The Morgan fingerprint density at radius 2 is 1.76 bits per heavy atom. The van der Waals surface area contributed by atoms with Gasteiger partial charge < -0.3 is 15.0 Å². The van der Waals surface area contributed by atoms with Crippen LogP contribution in [0.25, 0.3) is 0 Å². The Morgan fingerprint density at radius 1 is 1.07 bits per heavy atom. The van der Waals surface area contributed by atoms with E-state index >= 15 is 0 Å². The molecule has 0 aliphatic heterocycles. The number of aromatic nitrogens is 2. The normalized spacial score (nSPS) is 10.7. The Labute approximate surface area is 171 Å². The first-order chi connectivity index (χ1) is 13.9. The first kappa shape index (κ1) is 20.3. The Kier molecular flexibility index (Phi) is 6.44. The standard InChI is InChI=1S/C23H26N4O2/c1-16(2)29-21-13-9-8-12-19(21)25-22(28)20-14-17(3)24-23(26-20)27(4)15-18-10-6-5-7-11-18/h5-14,16H,15H2,1-4H3,(H,25,28). The molecule has 150 valence electrons. The molecule has 0 spiro atoms. The van der Waals surface area contributed by atoms with Crippen LogP contribution >= 0.6 is 0 Å². The molecule has 0 unspecified atom stereocenters. The summed E-state index contributed by atoms with van der Waals surface area (Å²) in [5, 5.41) is 2.90. The van der Waals surface area contributed by atoms with E-state index in [0.717, 1.165) is 11.3 Å². The van der Waals surface area contributed by atoms with E-state index in [4.69, 9.17) is 4.74 Å². The molecule has 0 aliphatic rings. The van der Waals surface area contributed by atoms with E-state index in [1.165, 1.54) is 0 Å². The molecule has 0 saturated heterocycles. The summed E-state index contributed by atoms with van der Waals surface area (Å²) in [6.45, 7) is 6.40. The van der Waals surface area contributed by atoms with Crippen molar-refractivity contribution in [3.63, 3.8) is 0 Å². The average Bonchev–Trinajstić information content (AvgIpc) is 2.69. The Bertz CT molecular complexity index is 974. The first-order valence-corrected chi connectivity index (χ1v) is 9.60. The number of nitrogens with one attached hydrogen (secondary N) is 1. The quantitative estimate of drug-likeness (QED) is 0.645. The zero-order valence-electron chi connectivity index (χ0n) is 17.2. The SMILES string of the molecule is Cc1cc(C(=O)Nc2ccccc2OC(C)C)nc(N(C)Cc2ccccc2)n1. The number of nitrogens with zero attached hydrogens (tertiary/aromatic N) is 3. The number of rotatable bonds is 7. The van der Waals surface area contributed by atoms with Gasteiger partial charge in [0, 0.05) is 19.3 Å². The van der Waals surface area contributed by atoms with E-state index in [1.54, 1.807) is 6.07 Å². The second kappa shape index (κ2) is 9.19. The summed E-state index contributed by atoms with van der Waals surface area (Å²) in [7, 11) is 1.91. The molecule has 0 radical (unpaired) electrons. The fraction of sp³-hybridized carbons (Fsp3) is 0.261. The van der Waals surface area contributed by atoms with Gasteiger partial charge >= 0.3 is 0 Å². The number of hydrogen-bond acceptors (Lipinski definition) is 5. The number of anilines is 2. The minimum atomic E-state index is -0.301. The van der Waals surface area contributed by atoms with Gasteiger partial charge in [0.15, 0.2) is 0 Å². The van der Waals surface area contributed by atoms with Crippen molar-refractivity contribution in [3.05, 3.63) is 77.6 Å². The molecular weight excluding hydrogens is 364 g/mol. The molecule has 2 aromatic carbocycles. The number of ether oxygens (including phenoxy) is 1. The van der Waals surface area contributed by atoms with E-state index in [-0.39, 0.29) is 12.0 Å². The molecule has 0 bridgehead atoms. The largest absolute Gasteiger partial charge is 0.489 e. The first-order valence-electron chi connectivity index (χ1n) is 9.60. The Hall–Kier alpha value is -3.41. The molecule has 0 aliphatic carbocycles. The third-order valence-electron chi connectivity index (χ3n) is 4.18. The number of carbonyl (C=O) groups excluding carboxylic acids is 1. The molecule has 29 heavy (non-hydrogen) atoms. The van der Waals surface area contributed by atoms with Crippen molar-refractivity contribution < 1.29 is 9.53 Å². The fourth-order valence-corrected chi connectivity index (χ4v) is 2.88. The number of para-hydroxylation sites is 2. The molecule has 0 fully saturated rings. The van der Waals surface area contributed by atoms with Gasteiger partial charge in [-0.2, -0.15) is 0 Å². The molecule has 1 heterocycles. The van der Waals surface area contributed by atoms with Gasteiger partial charge in [0.1, 0.15) is 11.4 Å². The van der Waals surface area contributed by atoms with Crippen molar-refractivity contribution in [2.45, 2.75) is 33.4 Å². The number of hydrogen-bond donors (Lipinski definition) is 1. The maximum atomic E-state index is 12.9. The Morgan fingerprint density at radius 3 is 2.48 bits per heavy atom. The lowest BCUT2D eigenvalue weighted by Gasteiger charge is -2.18. The molecule has 6 heteroatoms. The second-order valence-electron chi connectivity index (χ2n) is 7.15. The van der Waals surface area contributed by atoms with E-state index in [9.17, 15) is 4.79 Å². The van der Waals surface area contributed by atoms with Crippen LogP contribution in [0.1, 0.15) is 35.6 Å². The molecule has 3 rings (SSSR count). The highest BCUT2D eigenvalue weighted by Gasteiger charge is 2.15. The predicted octanol–water partition coefficient (Wildman–Crippen LogP) is 4.46. The van der Waals surface area contributed by atoms with Crippen LogP contribution in [-0.2, 0) is 6.54 Å². The average molecular weight is 390 g/mol. The number of carbonyl (C=O) groups is 1. The topological polar surface area (TPSA) is 67.3 Å². The lowest BCUT2D eigenvalue weighted by atomic mass is 10.2. The summed E-state index contributed by atoms with van der Waals surface area (Å²) in [6.07, 6.45) is 0.00702. The van der Waals surface area contributed by atoms with Crippen LogP contribution in [0.15, 0.2) is 60.7 Å². The predicted molar refractivity (Wildman–Crippen MR) is 115 cm³/mol. The smallest absolute Gasteiger partial charge is 0.274 e. The van der Waals surface area contributed by atoms with E-state index in [2.05, 4.69) is 15.3 Å². The molecule has 3 aromatic rings. The van der Waals surface area contributed by atoms with Gasteiger partial charge in [0.05, 0.1) is 11.8 Å². The lowest BCUT2D eigenvalue weighted by Crippen LogP contribution is -2.22. The Balaban J connectivity index is 1.80. The zero-order valence-corrected chi connectivity index (χ0v) is 17.2. The van der Waals surface area contributed by atoms with Gasteiger partial charge in [-0.15, -0.1) is 0 Å². The number of benzene rings is 2. The maximum Gasteiger partial charge on any atom is 0.274 e. The third-order valence-corrected chi connectivity index (χ3v) is 4.18. The van der Waals surface area contributed by atoms with Crippen LogP contribution in [0.3, 0.4) is 0 Å². The van der Waals surface area contributed by atoms with Gasteiger partial charge in [-0.25, -0.2) is 9.97 Å². The molecule has 0 saturated carbocycles. The number of amides is 1. The highest BCUT2D eigenvalue weighted by atomic mass is 16.5. The van der Waals surface area contributed by atoms with E-state index in [1.807, 2.05) is 87.3 Å². The van der Waals surface area contributed by atoms with Crippen molar-refractivity contribution in [3.8, 4) is 5.75 Å². The monoisotopic (exact) mass is 390 g/mol. The summed E-state index contributed by atoms with van der Waals surface area (Å²) in [5.41, 5.74) is 2.80. The second-order valence-corrected chi connectivity index (χ2v) is 7.15. The molecule has 6 nitrogen and oxygen atoms in total. The minimum Gasteiger partial charge on any atom is -0.489 e. The zero-order chi connectivity index (χ0) is 20.8. The number of aryl methyl sites for hydroxylation is 1. The molecule has 1 N–H and O–H groups in total.